The molecule has 1 aromatic carbocycles. The standard InChI is InChI=1S/C16H20N4O4.C2H2O/c1-9-4-3-5-10(18-13(22)8-17)14(9)16(24)20(2)11-6-7-12(21)19-15(11)23;1-2-3/h3-5,11H,6-8,17H2,1-2H3,(H,18,22)(H,19,21,23);1,3H. The topological polar surface area (TPSA) is 142 Å². The number of rotatable bonds is 4. The molecule has 4 amide bonds. The molecule has 0 bridgehead atoms. The number of aryl methyl sites for hydroxylation is 1. The van der Waals surface area contributed by atoms with E-state index in [1.165, 1.54) is 18.1 Å². The number of imide groups is 1. The Labute approximate surface area is 156 Å². The molecule has 0 saturated carbocycles. The van der Waals surface area contributed by atoms with E-state index < -0.39 is 23.8 Å². The van der Waals surface area contributed by atoms with E-state index >= 15 is 0 Å². The number of amides is 4. The second kappa shape index (κ2) is 9.94. The van der Waals surface area contributed by atoms with Crippen LogP contribution in [0.25, 0.3) is 0 Å². The molecule has 1 unspecified atom stereocenters. The van der Waals surface area contributed by atoms with Crippen LogP contribution in [0.1, 0.15) is 28.8 Å². The van der Waals surface area contributed by atoms with E-state index in [0.29, 0.717) is 16.8 Å². The van der Waals surface area contributed by atoms with Gasteiger partial charge in [0.2, 0.25) is 17.7 Å². The number of aliphatic hydroxyl groups is 1. The van der Waals surface area contributed by atoms with Crippen molar-refractivity contribution >= 4 is 29.3 Å². The number of benzene rings is 1. The lowest BCUT2D eigenvalue weighted by Crippen LogP contribution is -2.53. The molecule has 1 aliphatic rings. The molecule has 1 aromatic rings. The number of anilines is 1. The number of aliphatic hydroxyl groups excluding tert-OH is 1. The maximum Gasteiger partial charge on any atom is 0.256 e. The molecule has 1 fully saturated rings. The fraction of sp³-hybridized carbons (Fsp3) is 0.333. The molecule has 0 radical (unpaired) electrons. The molecule has 1 aliphatic heterocycles. The van der Waals surface area contributed by atoms with Crippen LogP contribution in [-0.4, -0.2) is 53.3 Å². The fourth-order valence-corrected chi connectivity index (χ4v) is 2.63. The summed E-state index contributed by atoms with van der Waals surface area (Å²) in [5, 5.41) is 11.9. The molecule has 0 aliphatic carbocycles. The summed E-state index contributed by atoms with van der Waals surface area (Å²) in [5.74, 6) is -1.67. The molecular weight excluding hydrogens is 352 g/mol. The second-order valence-corrected chi connectivity index (χ2v) is 5.76. The normalized spacial score (nSPS) is 15.6. The highest BCUT2D eigenvalue weighted by molar-refractivity contribution is 6.08. The van der Waals surface area contributed by atoms with Gasteiger partial charge in [-0.2, -0.15) is 0 Å². The van der Waals surface area contributed by atoms with Crippen LogP contribution in [0.2, 0.25) is 0 Å². The van der Waals surface area contributed by atoms with E-state index in [1.807, 2.05) is 0 Å². The first-order chi connectivity index (χ1) is 12.8. The Balaban J connectivity index is 0.00000114. The molecule has 1 saturated heterocycles. The van der Waals surface area contributed by atoms with Crippen LogP contribution < -0.4 is 16.4 Å². The highest BCUT2D eigenvalue weighted by atomic mass is 16.2. The van der Waals surface area contributed by atoms with Gasteiger partial charge in [-0.05, 0) is 25.0 Å². The van der Waals surface area contributed by atoms with Crippen molar-refractivity contribution in [1.29, 1.82) is 0 Å². The largest absolute Gasteiger partial charge is 0.462 e. The Morgan fingerprint density at radius 1 is 1.44 bits per heavy atom. The van der Waals surface area contributed by atoms with Gasteiger partial charge < -0.3 is 21.1 Å². The van der Waals surface area contributed by atoms with E-state index in [2.05, 4.69) is 17.1 Å². The number of nitrogens with two attached hydrogens (primary N) is 1. The van der Waals surface area contributed by atoms with Gasteiger partial charge in [0.05, 0.1) is 17.8 Å². The van der Waals surface area contributed by atoms with Gasteiger partial charge in [0, 0.05) is 13.5 Å². The summed E-state index contributed by atoms with van der Waals surface area (Å²) in [5.41, 5.74) is 6.60. The summed E-state index contributed by atoms with van der Waals surface area (Å²) in [6.45, 7) is 1.54. The van der Waals surface area contributed by atoms with Crippen LogP contribution in [0.3, 0.4) is 0 Å². The molecule has 2 rings (SSSR count). The predicted molar refractivity (Wildman–Crippen MR) is 97.9 cm³/mol. The molecule has 9 nitrogen and oxygen atoms in total. The Morgan fingerprint density at radius 2 is 2.07 bits per heavy atom. The summed E-state index contributed by atoms with van der Waals surface area (Å²) in [7, 11) is 1.50. The zero-order valence-electron chi connectivity index (χ0n) is 15.1. The zero-order valence-corrected chi connectivity index (χ0v) is 15.1. The van der Waals surface area contributed by atoms with Crippen molar-refractivity contribution in [3.8, 4) is 12.5 Å². The van der Waals surface area contributed by atoms with E-state index in [4.69, 9.17) is 10.8 Å². The van der Waals surface area contributed by atoms with Crippen molar-refractivity contribution < 1.29 is 24.3 Å². The Kier molecular flexibility index (Phi) is 7.97. The van der Waals surface area contributed by atoms with Crippen molar-refractivity contribution in [2.75, 3.05) is 18.9 Å². The third-order valence-corrected chi connectivity index (χ3v) is 3.94. The van der Waals surface area contributed by atoms with E-state index in [0.717, 1.165) is 0 Å². The molecular formula is C18H22N4O5. The number of hydrogen-bond acceptors (Lipinski definition) is 6. The van der Waals surface area contributed by atoms with Crippen molar-refractivity contribution in [2.45, 2.75) is 25.8 Å². The van der Waals surface area contributed by atoms with Gasteiger partial charge >= 0.3 is 0 Å². The summed E-state index contributed by atoms with van der Waals surface area (Å²) in [6.07, 6.45) is 5.85. The monoisotopic (exact) mass is 374 g/mol. The predicted octanol–water partition coefficient (Wildman–Crippen LogP) is -0.281. The lowest BCUT2D eigenvalue weighted by Gasteiger charge is -2.30. The number of carbonyl (C=O) groups excluding carboxylic acids is 4. The number of hydrogen-bond donors (Lipinski definition) is 4. The Bertz CT molecular complexity index is 784. The highest BCUT2D eigenvalue weighted by Gasteiger charge is 2.33. The van der Waals surface area contributed by atoms with Gasteiger partial charge in [0.15, 0.2) is 0 Å². The van der Waals surface area contributed by atoms with E-state index in [-0.39, 0.29) is 25.3 Å². The summed E-state index contributed by atoms with van der Waals surface area (Å²) < 4.78 is 0. The number of piperidine rings is 1. The summed E-state index contributed by atoms with van der Waals surface area (Å²) >= 11 is 0. The average Bonchev–Trinajstić information content (AvgIpc) is 2.61. The number of likely N-dealkylation sites (N-methyl/N-ethyl adjacent to an activating group) is 1. The van der Waals surface area contributed by atoms with E-state index in [1.54, 1.807) is 25.1 Å². The molecule has 0 aromatic heterocycles. The molecule has 5 N–H and O–H groups in total. The minimum Gasteiger partial charge on any atom is -0.462 e. The first-order valence-corrected chi connectivity index (χ1v) is 8.06. The maximum atomic E-state index is 12.9. The molecule has 1 atom stereocenters. The van der Waals surface area contributed by atoms with Crippen LogP contribution in [0.5, 0.6) is 0 Å². The highest BCUT2D eigenvalue weighted by Crippen LogP contribution is 2.23. The molecule has 144 valence electrons. The molecule has 1 heterocycles. The lowest BCUT2D eigenvalue weighted by molar-refractivity contribution is -0.136. The number of nitrogens with zero attached hydrogens (tertiary/aromatic N) is 1. The van der Waals surface area contributed by atoms with Crippen molar-refractivity contribution in [1.82, 2.24) is 10.2 Å². The van der Waals surface area contributed by atoms with Crippen LogP contribution in [0, 0.1) is 19.5 Å². The molecule has 27 heavy (non-hydrogen) atoms. The maximum absolute atomic E-state index is 12.9. The SMILES string of the molecule is C#CO.Cc1cccc(NC(=O)CN)c1C(=O)N(C)C1CCC(=O)NC1=O. The van der Waals surface area contributed by atoms with Crippen molar-refractivity contribution in [3.05, 3.63) is 29.3 Å². The van der Waals surface area contributed by atoms with Crippen LogP contribution in [-0.2, 0) is 14.4 Å². The first-order valence-electron chi connectivity index (χ1n) is 8.06. The van der Waals surface area contributed by atoms with Gasteiger partial charge in [-0.1, -0.05) is 18.6 Å². The quantitative estimate of drug-likeness (QED) is 0.422. The average molecular weight is 374 g/mol. The van der Waals surface area contributed by atoms with Gasteiger partial charge in [-0.15, -0.1) is 0 Å². The fourth-order valence-electron chi connectivity index (χ4n) is 2.63. The lowest BCUT2D eigenvalue weighted by atomic mass is 10.0. The minimum absolute atomic E-state index is 0.179. The zero-order chi connectivity index (χ0) is 20.6. The third-order valence-electron chi connectivity index (χ3n) is 3.94. The van der Waals surface area contributed by atoms with Crippen LogP contribution >= 0.6 is 0 Å². The smallest absolute Gasteiger partial charge is 0.256 e. The van der Waals surface area contributed by atoms with Gasteiger partial charge in [-0.3, -0.25) is 24.5 Å². The minimum atomic E-state index is -0.729. The molecule has 0 spiro atoms. The van der Waals surface area contributed by atoms with Crippen molar-refractivity contribution in [3.63, 3.8) is 0 Å². The van der Waals surface area contributed by atoms with Crippen LogP contribution in [0.4, 0.5) is 5.69 Å². The number of nitrogens with one attached hydrogen (secondary N) is 2. The van der Waals surface area contributed by atoms with Crippen molar-refractivity contribution in [2.24, 2.45) is 5.73 Å². The Morgan fingerprint density at radius 3 is 2.63 bits per heavy atom. The van der Waals surface area contributed by atoms with Gasteiger partial charge in [0.25, 0.3) is 5.91 Å². The van der Waals surface area contributed by atoms with Gasteiger partial charge in [-0.25, -0.2) is 0 Å². The van der Waals surface area contributed by atoms with Crippen LogP contribution in [0.15, 0.2) is 18.2 Å². The second-order valence-electron chi connectivity index (χ2n) is 5.76. The number of terminal acetylenes is 1. The molecule has 9 heteroatoms. The number of carbonyl (C=O) groups is 4. The van der Waals surface area contributed by atoms with Gasteiger partial charge in [0.1, 0.15) is 12.1 Å². The summed E-state index contributed by atoms with van der Waals surface area (Å²) in [4.78, 5) is 48.9. The first kappa shape index (κ1) is 21.7. The Hall–Kier alpha value is -3.38. The van der Waals surface area contributed by atoms with E-state index in [9.17, 15) is 19.2 Å². The third kappa shape index (κ3) is 5.55. The summed E-state index contributed by atoms with van der Waals surface area (Å²) in [6, 6.07) is 4.33.